The summed E-state index contributed by atoms with van der Waals surface area (Å²) in [6, 6.07) is 3.41. The molecule has 1 rings (SSSR count). The molecular weight excluding hydrogens is 226 g/mol. The van der Waals surface area contributed by atoms with E-state index < -0.39 is 0 Å². The number of unbranched alkanes of at least 4 members (excludes halogenated alkanes) is 2. The van der Waals surface area contributed by atoms with Crippen molar-refractivity contribution in [2.24, 2.45) is 0 Å². The fourth-order valence-corrected chi connectivity index (χ4v) is 1.59. The third kappa shape index (κ3) is 5.19. The molecule has 3 N–H and O–H groups in total. The van der Waals surface area contributed by atoms with Crippen molar-refractivity contribution in [1.82, 2.24) is 4.98 Å². The number of nitrogens with one attached hydrogen (secondary N) is 1. The maximum atomic E-state index is 5.78. The Morgan fingerprint density at radius 2 is 2.19 bits per heavy atom. The van der Waals surface area contributed by atoms with E-state index in [1.165, 1.54) is 0 Å². The van der Waals surface area contributed by atoms with Crippen LogP contribution in [-0.2, 0) is 4.74 Å². The monoisotopic (exact) mass is 243 g/mol. The number of rotatable bonds is 7. The Balaban J connectivity index is 2.21. The van der Waals surface area contributed by atoms with E-state index in [1.807, 2.05) is 0 Å². The van der Waals surface area contributed by atoms with Gasteiger partial charge in [0, 0.05) is 32.0 Å². The lowest BCUT2D eigenvalue weighted by Crippen LogP contribution is -2.04. The number of aromatic nitrogens is 1. The molecule has 0 spiro atoms. The van der Waals surface area contributed by atoms with Crippen LogP contribution >= 0.6 is 11.6 Å². The van der Waals surface area contributed by atoms with Crippen LogP contribution in [0, 0.1) is 0 Å². The van der Waals surface area contributed by atoms with Gasteiger partial charge in [0.1, 0.15) is 11.0 Å². The van der Waals surface area contributed by atoms with Crippen molar-refractivity contribution < 1.29 is 4.74 Å². The highest BCUT2D eigenvalue weighted by Crippen LogP contribution is 2.15. The second-order valence-electron chi connectivity index (χ2n) is 3.59. The first-order valence-corrected chi connectivity index (χ1v) is 5.76. The summed E-state index contributed by atoms with van der Waals surface area (Å²) in [4.78, 5) is 4.12. The molecule has 0 radical (unpaired) electrons. The number of anilines is 2. The van der Waals surface area contributed by atoms with Gasteiger partial charge in [-0.2, -0.15) is 0 Å². The van der Waals surface area contributed by atoms with Crippen molar-refractivity contribution in [3.05, 3.63) is 17.3 Å². The Labute approximate surface area is 101 Å². The van der Waals surface area contributed by atoms with Crippen molar-refractivity contribution >= 4 is 23.1 Å². The molecule has 1 aromatic rings. The fraction of sp³-hybridized carbons (Fsp3) is 0.545. The van der Waals surface area contributed by atoms with Crippen molar-refractivity contribution in [2.75, 3.05) is 31.3 Å². The van der Waals surface area contributed by atoms with Gasteiger partial charge in [-0.3, -0.25) is 0 Å². The smallest absolute Gasteiger partial charge is 0.133 e. The number of ether oxygens (including phenoxy) is 1. The molecule has 0 saturated heterocycles. The molecule has 0 aromatic carbocycles. The molecule has 90 valence electrons. The first-order chi connectivity index (χ1) is 7.72. The van der Waals surface area contributed by atoms with E-state index in [-0.39, 0.29) is 0 Å². The predicted octanol–water partition coefficient (Wildman–Crippen LogP) is 2.55. The highest BCUT2D eigenvalue weighted by atomic mass is 35.5. The zero-order valence-corrected chi connectivity index (χ0v) is 10.3. The summed E-state index contributed by atoms with van der Waals surface area (Å²) in [6.45, 7) is 1.69. The lowest BCUT2D eigenvalue weighted by molar-refractivity contribution is 0.192. The normalized spacial score (nSPS) is 10.4. The molecule has 0 aliphatic carbocycles. The van der Waals surface area contributed by atoms with Crippen LogP contribution in [-0.4, -0.2) is 25.2 Å². The molecule has 4 nitrogen and oxygen atoms in total. The minimum atomic E-state index is 0.418. The summed E-state index contributed by atoms with van der Waals surface area (Å²) >= 11 is 5.78. The molecule has 1 heterocycles. The van der Waals surface area contributed by atoms with Crippen molar-refractivity contribution in [3.63, 3.8) is 0 Å². The Hall–Kier alpha value is -1.00. The standard InChI is InChI=1S/C11H18ClN3O/c1-16-6-4-2-3-5-14-11-8-9(13)7-10(12)15-11/h7-8H,2-6H2,1H3,(H3,13,14,15). The van der Waals surface area contributed by atoms with Gasteiger partial charge in [0.05, 0.1) is 0 Å². The average Bonchev–Trinajstić information content (AvgIpc) is 2.22. The van der Waals surface area contributed by atoms with Crippen molar-refractivity contribution in [3.8, 4) is 0 Å². The Morgan fingerprint density at radius 3 is 2.88 bits per heavy atom. The molecule has 0 fully saturated rings. The van der Waals surface area contributed by atoms with Gasteiger partial charge in [-0.25, -0.2) is 4.98 Å². The van der Waals surface area contributed by atoms with E-state index in [0.717, 1.165) is 38.2 Å². The third-order valence-corrected chi connectivity index (χ3v) is 2.34. The molecule has 5 heteroatoms. The highest BCUT2D eigenvalue weighted by molar-refractivity contribution is 6.29. The topological polar surface area (TPSA) is 60.2 Å². The van der Waals surface area contributed by atoms with E-state index in [2.05, 4.69) is 10.3 Å². The lowest BCUT2D eigenvalue weighted by Gasteiger charge is -2.06. The second-order valence-corrected chi connectivity index (χ2v) is 3.98. The van der Waals surface area contributed by atoms with Crippen molar-refractivity contribution in [2.45, 2.75) is 19.3 Å². The molecule has 0 atom stereocenters. The van der Waals surface area contributed by atoms with E-state index in [0.29, 0.717) is 10.8 Å². The minimum absolute atomic E-state index is 0.418. The summed E-state index contributed by atoms with van der Waals surface area (Å²) in [6.07, 6.45) is 3.30. The number of pyridine rings is 1. The molecule has 16 heavy (non-hydrogen) atoms. The van der Waals surface area contributed by atoms with E-state index in [4.69, 9.17) is 22.1 Å². The molecule has 0 saturated carbocycles. The molecule has 0 unspecified atom stereocenters. The van der Waals surface area contributed by atoms with Gasteiger partial charge in [-0.15, -0.1) is 0 Å². The second kappa shape index (κ2) is 7.30. The minimum Gasteiger partial charge on any atom is -0.399 e. The number of nitrogens with two attached hydrogens (primary N) is 1. The first kappa shape index (κ1) is 13.1. The van der Waals surface area contributed by atoms with Crippen LogP contribution < -0.4 is 11.1 Å². The Bertz CT molecular complexity index is 300. The zero-order chi connectivity index (χ0) is 11.8. The third-order valence-electron chi connectivity index (χ3n) is 2.15. The Morgan fingerprint density at radius 1 is 1.38 bits per heavy atom. The lowest BCUT2D eigenvalue weighted by atomic mass is 10.2. The van der Waals surface area contributed by atoms with Crippen LogP contribution in [0.3, 0.4) is 0 Å². The number of halogens is 1. The van der Waals surface area contributed by atoms with Crippen LogP contribution in [0.4, 0.5) is 11.5 Å². The van der Waals surface area contributed by atoms with Gasteiger partial charge in [0.15, 0.2) is 0 Å². The number of nitrogen functional groups attached to an aromatic ring is 1. The van der Waals surface area contributed by atoms with Gasteiger partial charge in [0.2, 0.25) is 0 Å². The van der Waals surface area contributed by atoms with Gasteiger partial charge < -0.3 is 15.8 Å². The van der Waals surface area contributed by atoms with E-state index in [9.17, 15) is 0 Å². The zero-order valence-electron chi connectivity index (χ0n) is 9.50. The van der Waals surface area contributed by atoms with E-state index in [1.54, 1.807) is 19.2 Å². The quantitative estimate of drug-likeness (QED) is 0.571. The molecule has 0 aliphatic heterocycles. The van der Waals surface area contributed by atoms with Gasteiger partial charge in [0.25, 0.3) is 0 Å². The highest BCUT2D eigenvalue weighted by Gasteiger charge is 1.98. The summed E-state index contributed by atoms with van der Waals surface area (Å²) in [7, 11) is 1.72. The summed E-state index contributed by atoms with van der Waals surface area (Å²) in [5.74, 6) is 0.733. The maximum Gasteiger partial charge on any atom is 0.133 e. The van der Waals surface area contributed by atoms with Crippen LogP contribution in [0.25, 0.3) is 0 Å². The molecule has 0 amide bonds. The van der Waals surface area contributed by atoms with E-state index >= 15 is 0 Å². The first-order valence-electron chi connectivity index (χ1n) is 5.38. The molecule has 0 aliphatic rings. The number of nitrogens with zero attached hydrogens (tertiary/aromatic N) is 1. The van der Waals surface area contributed by atoms with Crippen LogP contribution in [0.2, 0.25) is 5.15 Å². The summed E-state index contributed by atoms with van der Waals surface area (Å²) in [5.41, 5.74) is 6.28. The largest absolute Gasteiger partial charge is 0.399 e. The average molecular weight is 244 g/mol. The SMILES string of the molecule is COCCCCCNc1cc(N)cc(Cl)n1. The van der Waals surface area contributed by atoms with Crippen LogP contribution in [0.15, 0.2) is 12.1 Å². The molecule has 1 aromatic heterocycles. The van der Waals surface area contributed by atoms with Crippen LogP contribution in [0.5, 0.6) is 0 Å². The molecule has 0 bridgehead atoms. The number of hydrogen-bond donors (Lipinski definition) is 2. The van der Waals surface area contributed by atoms with Crippen LogP contribution in [0.1, 0.15) is 19.3 Å². The molecular formula is C11H18ClN3O. The number of hydrogen-bond acceptors (Lipinski definition) is 4. The summed E-state index contributed by atoms with van der Waals surface area (Å²) in [5, 5.41) is 3.61. The Kier molecular flexibility index (Phi) is 5.96. The summed E-state index contributed by atoms with van der Waals surface area (Å²) < 4.78 is 4.97. The van der Waals surface area contributed by atoms with Gasteiger partial charge in [-0.05, 0) is 25.3 Å². The van der Waals surface area contributed by atoms with Gasteiger partial charge in [-0.1, -0.05) is 11.6 Å². The predicted molar refractivity (Wildman–Crippen MR) is 67.9 cm³/mol. The maximum absolute atomic E-state index is 5.78. The fourth-order valence-electron chi connectivity index (χ4n) is 1.37. The van der Waals surface area contributed by atoms with Gasteiger partial charge >= 0.3 is 0 Å². The van der Waals surface area contributed by atoms with Crippen molar-refractivity contribution in [1.29, 1.82) is 0 Å². The number of methoxy groups -OCH3 is 1.